The minimum Gasteiger partial charge on any atom is -0.489 e. The third-order valence-electron chi connectivity index (χ3n) is 3.01. The molecular formula is C15H18FN3O2. The maximum absolute atomic E-state index is 13.1. The number of aryl methyl sites for hydroxylation is 1. The molecule has 6 heteroatoms. The summed E-state index contributed by atoms with van der Waals surface area (Å²) < 4.78 is 20.3. The lowest BCUT2D eigenvalue weighted by molar-refractivity contribution is 0.0925. The molecule has 1 heterocycles. The number of carbonyl (C=O) groups excluding carboxylic acids is 1. The van der Waals surface area contributed by atoms with E-state index in [4.69, 9.17) is 4.74 Å². The van der Waals surface area contributed by atoms with Crippen LogP contribution in [0.2, 0.25) is 0 Å². The summed E-state index contributed by atoms with van der Waals surface area (Å²) in [4.78, 5) is 11.9. The van der Waals surface area contributed by atoms with Gasteiger partial charge in [-0.3, -0.25) is 9.48 Å². The van der Waals surface area contributed by atoms with Crippen molar-refractivity contribution < 1.29 is 13.9 Å². The van der Waals surface area contributed by atoms with Gasteiger partial charge in [0.05, 0.1) is 18.3 Å². The summed E-state index contributed by atoms with van der Waals surface area (Å²) in [6.07, 6.45) is 3.63. The second kappa shape index (κ2) is 6.88. The van der Waals surface area contributed by atoms with E-state index in [0.717, 1.165) is 0 Å². The Bertz CT molecular complexity index is 612. The number of amides is 1. The SMILES string of the molecule is CC[C@H](CNC(=O)c1cnn(C)c1)Oc1cccc(F)c1. The maximum Gasteiger partial charge on any atom is 0.254 e. The lowest BCUT2D eigenvalue weighted by Crippen LogP contribution is -2.34. The van der Waals surface area contributed by atoms with Crippen molar-refractivity contribution in [2.24, 2.45) is 7.05 Å². The largest absolute Gasteiger partial charge is 0.489 e. The van der Waals surface area contributed by atoms with E-state index in [2.05, 4.69) is 10.4 Å². The Balaban J connectivity index is 1.89. The Labute approximate surface area is 122 Å². The molecule has 0 aliphatic heterocycles. The monoisotopic (exact) mass is 291 g/mol. The third-order valence-corrected chi connectivity index (χ3v) is 3.01. The minimum absolute atomic E-state index is 0.204. The first-order valence-corrected chi connectivity index (χ1v) is 6.77. The van der Waals surface area contributed by atoms with Gasteiger partial charge < -0.3 is 10.1 Å². The molecule has 1 N–H and O–H groups in total. The van der Waals surface area contributed by atoms with Crippen LogP contribution in [0.3, 0.4) is 0 Å². The third kappa shape index (κ3) is 4.30. The number of hydrogen-bond donors (Lipinski definition) is 1. The lowest BCUT2D eigenvalue weighted by Gasteiger charge is -2.18. The van der Waals surface area contributed by atoms with Crippen LogP contribution in [0.15, 0.2) is 36.7 Å². The van der Waals surface area contributed by atoms with Gasteiger partial charge in [-0.25, -0.2) is 4.39 Å². The molecule has 1 aromatic heterocycles. The van der Waals surface area contributed by atoms with Crippen LogP contribution >= 0.6 is 0 Å². The number of nitrogens with one attached hydrogen (secondary N) is 1. The highest BCUT2D eigenvalue weighted by molar-refractivity contribution is 5.93. The number of aromatic nitrogens is 2. The first kappa shape index (κ1) is 15.0. The Kier molecular flexibility index (Phi) is 4.92. The first-order chi connectivity index (χ1) is 10.1. The molecule has 0 saturated heterocycles. The quantitative estimate of drug-likeness (QED) is 0.887. The summed E-state index contributed by atoms with van der Waals surface area (Å²) in [5.74, 6) is -0.0939. The molecule has 0 radical (unpaired) electrons. The van der Waals surface area contributed by atoms with Crippen molar-refractivity contribution in [2.45, 2.75) is 19.4 Å². The second-order valence-corrected chi connectivity index (χ2v) is 4.72. The van der Waals surface area contributed by atoms with E-state index in [1.165, 1.54) is 18.3 Å². The smallest absolute Gasteiger partial charge is 0.254 e. The number of ether oxygens (including phenoxy) is 1. The van der Waals surface area contributed by atoms with Gasteiger partial charge in [-0.05, 0) is 18.6 Å². The highest BCUT2D eigenvalue weighted by Gasteiger charge is 2.13. The van der Waals surface area contributed by atoms with E-state index in [1.54, 1.807) is 30.1 Å². The summed E-state index contributed by atoms with van der Waals surface area (Å²) >= 11 is 0. The number of hydrogen-bond acceptors (Lipinski definition) is 3. The molecular weight excluding hydrogens is 273 g/mol. The number of benzene rings is 1. The predicted molar refractivity (Wildman–Crippen MR) is 76.6 cm³/mol. The van der Waals surface area contributed by atoms with Gasteiger partial charge in [0.2, 0.25) is 0 Å². The second-order valence-electron chi connectivity index (χ2n) is 4.72. The van der Waals surface area contributed by atoms with Crippen molar-refractivity contribution >= 4 is 5.91 Å². The van der Waals surface area contributed by atoms with Crippen molar-refractivity contribution in [1.82, 2.24) is 15.1 Å². The molecule has 0 bridgehead atoms. The standard InChI is InChI=1S/C15H18FN3O2/c1-3-13(21-14-6-4-5-12(16)7-14)9-17-15(20)11-8-18-19(2)10-11/h4-8,10,13H,3,9H2,1-2H3,(H,17,20)/t13-/m1/s1. The van der Waals surface area contributed by atoms with Crippen LogP contribution in [-0.2, 0) is 7.05 Å². The molecule has 5 nitrogen and oxygen atoms in total. The van der Waals surface area contributed by atoms with Crippen LogP contribution in [0, 0.1) is 5.82 Å². The molecule has 2 rings (SSSR count). The van der Waals surface area contributed by atoms with E-state index in [9.17, 15) is 9.18 Å². The van der Waals surface area contributed by atoms with Gasteiger partial charge in [0.1, 0.15) is 17.7 Å². The molecule has 0 fully saturated rings. The summed E-state index contributed by atoms with van der Waals surface area (Å²) in [6, 6.07) is 5.96. The molecule has 112 valence electrons. The van der Waals surface area contributed by atoms with Crippen molar-refractivity contribution in [3.05, 3.63) is 48.0 Å². The molecule has 0 spiro atoms. The maximum atomic E-state index is 13.1. The average Bonchev–Trinajstić information content (AvgIpc) is 2.90. The Morgan fingerprint density at radius 1 is 1.52 bits per heavy atom. The number of halogens is 1. The molecule has 1 aromatic carbocycles. The van der Waals surface area contributed by atoms with Crippen LogP contribution in [-0.4, -0.2) is 28.3 Å². The highest BCUT2D eigenvalue weighted by atomic mass is 19.1. The number of carbonyl (C=O) groups is 1. The molecule has 1 amide bonds. The zero-order valence-electron chi connectivity index (χ0n) is 12.0. The van der Waals surface area contributed by atoms with Crippen molar-refractivity contribution in [2.75, 3.05) is 6.54 Å². The highest BCUT2D eigenvalue weighted by Crippen LogP contribution is 2.14. The number of nitrogens with zero attached hydrogens (tertiary/aromatic N) is 2. The minimum atomic E-state index is -0.346. The zero-order chi connectivity index (χ0) is 15.2. The van der Waals surface area contributed by atoms with Gasteiger partial charge >= 0.3 is 0 Å². The van der Waals surface area contributed by atoms with Crippen molar-refractivity contribution in [1.29, 1.82) is 0 Å². The van der Waals surface area contributed by atoms with Crippen LogP contribution in [0.1, 0.15) is 23.7 Å². The lowest BCUT2D eigenvalue weighted by atomic mass is 10.2. The van der Waals surface area contributed by atoms with E-state index in [-0.39, 0.29) is 17.8 Å². The van der Waals surface area contributed by atoms with Crippen LogP contribution in [0.25, 0.3) is 0 Å². The number of rotatable bonds is 6. The van der Waals surface area contributed by atoms with Gasteiger partial charge in [-0.15, -0.1) is 0 Å². The van der Waals surface area contributed by atoms with Crippen LogP contribution in [0.4, 0.5) is 4.39 Å². The van der Waals surface area contributed by atoms with E-state index in [1.807, 2.05) is 6.92 Å². The van der Waals surface area contributed by atoms with Gasteiger partial charge in [0, 0.05) is 19.3 Å². The average molecular weight is 291 g/mol. The van der Waals surface area contributed by atoms with Gasteiger partial charge in [-0.1, -0.05) is 13.0 Å². The van der Waals surface area contributed by atoms with E-state index < -0.39 is 0 Å². The fraction of sp³-hybridized carbons (Fsp3) is 0.333. The van der Waals surface area contributed by atoms with Gasteiger partial charge in [0.15, 0.2) is 0 Å². The normalized spacial score (nSPS) is 12.0. The molecule has 2 aromatic rings. The zero-order valence-corrected chi connectivity index (χ0v) is 12.0. The molecule has 0 aliphatic carbocycles. The van der Waals surface area contributed by atoms with Gasteiger partial charge in [0.25, 0.3) is 5.91 Å². The Morgan fingerprint density at radius 3 is 2.95 bits per heavy atom. The molecule has 0 saturated carbocycles. The van der Waals surface area contributed by atoms with E-state index >= 15 is 0 Å². The van der Waals surface area contributed by atoms with Crippen LogP contribution < -0.4 is 10.1 Å². The topological polar surface area (TPSA) is 56.2 Å². The summed E-state index contributed by atoms with van der Waals surface area (Å²) in [6.45, 7) is 2.29. The van der Waals surface area contributed by atoms with Crippen LogP contribution in [0.5, 0.6) is 5.75 Å². The first-order valence-electron chi connectivity index (χ1n) is 6.77. The molecule has 0 unspecified atom stereocenters. The fourth-order valence-corrected chi connectivity index (χ4v) is 1.85. The summed E-state index contributed by atoms with van der Waals surface area (Å²) in [5.41, 5.74) is 0.498. The van der Waals surface area contributed by atoms with Gasteiger partial charge in [-0.2, -0.15) is 5.10 Å². The molecule has 1 atom stereocenters. The van der Waals surface area contributed by atoms with Crippen molar-refractivity contribution in [3.63, 3.8) is 0 Å². The molecule has 21 heavy (non-hydrogen) atoms. The summed E-state index contributed by atoms with van der Waals surface area (Å²) in [7, 11) is 1.75. The summed E-state index contributed by atoms with van der Waals surface area (Å²) in [5, 5.41) is 6.73. The Hall–Kier alpha value is -2.37. The van der Waals surface area contributed by atoms with Crippen molar-refractivity contribution in [3.8, 4) is 5.75 Å². The molecule has 0 aliphatic rings. The fourth-order valence-electron chi connectivity index (χ4n) is 1.85. The van der Waals surface area contributed by atoms with E-state index in [0.29, 0.717) is 24.3 Å². The predicted octanol–water partition coefficient (Wildman–Crippen LogP) is 2.15. The Morgan fingerprint density at radius 2 is 2.33 bits per heavy atom.